The van der Waals surface area contributed by atoms with Crippen LogP contribution in [-0.2, 0) is 9.53 Å². The number of aliphatic hydroxyl groups is 1. The first-order valence-electron chi connectivity index (χ1n) is 4.18. The fourth-order valence-electron chi connectivity index (χ4n) is 2.25. The Morgan fingerprint density at radius 3 is 2.67 bits per heavy atom. The highest BCUT2D eigenvalue weighted by atomic mass is 16.5. The van der Waals surface area contributed by atoms with Crippen molar-refractivity contribution in [2.24, 2.45) is 17.8 Å². The monoisotopic (exact) mass is 168 g/mol. The van der Waals surface area contributed by atoms with E-state index in [4.69, 9.17) is 0 Å². The van der Waals surface area contributed by atoms with E-state index < -0.39 is 6.10 Å². The summed E-state index contributed by atoms with van der Waals surface area (Å²) in [6, 6.07) is 0. The number of ether oxygens (including phenoxy) is 1. The highest BCUT2D eigenvalue weighted by Gasteiger charge is 2.47. The van der Waals surface area contributed by atoms with Crippen molar-refractivity contribution < 1.29 is 14.6 Å². The van der Waals surface area contributed by atoms with E-state index in [0.717, 1.165) is 6.42 Å². The molecule has 0 saturated heterocycles. The molecule has 0 aromatic rings. The lowest BCUT2D eigenvalue weighted by molar-refractivity contribution is -0.150. The Hall–Kier alpha value is -0.830. The fourth-order valence-corrected chi connectivity index (χ4v) is 2.25. The summed E-state index contributed by atoms with van der Waals surface area (Å²) in [5.74, 6) is -0.208. The zero-order valence-electron chi connectivity index (χ0n) is 6.93. The van der Waals surface area contributed by atoms with Crippen LogP contribution in [-0.4, -0.2) is 24.3 Å². The second-order valence-electron chi connectivity index (χ2n) is 3.49. The van der Waals surface area contributed by atoms with Gasteiger partial charge in [-0.05, 0) is 12.3 Å². The quantitative estimate of drug-likeness (QED) is 0.453. The molecule has 2 bridgehead atoms. The predicted molar refractivity (Wildman–Crippen MR) is 42.2 cm³/mol. The third kappa shape index (κ3) is 0.894. The van der Waals surface area contributed by atoms with Gasteiger partial charge in [-0.2, -0.15) is 0 Å². The summed E-state index contributed by atoms with van der Waals surface area (Å²) in [4.78, 5) is 11.2. The van der Waals surface area contributed by atoms with Crippen molar-refractivity contribution in [2.45, 2.75) is 12.5 Å². The van der Waals surface area contributed by atoms with E-state index in [-0.39, 0.29) is 23.7 Å². The van der Waals surface area contributed by atoms with E-state index in [1.807, 2.05) is 12.2 Å². The molecule has 2 aliphatic rings. The summed E-state index contributed by atoms with van der Waals surface area (Å²) < 4.78 is 4.62. The Balaban J connectivity index is 2.18. The maximum absolute atomic E-state index is 11.2. The highest BCUT2D eigenvalue weighted by Crippen LogP contribution is 2.43. The third-order valence-electron chi connectivity index (χ3n) is 2.89. The molecule has 4 atom stereocenters. The van der Waals surface area contributed by atoms with E-state index in [9.17, 15) is 9.90 Å². The SMILES string of the molecule is COC(=O)[C@H]1C2C=CC(C2)[C@@H]1O. The highest BCUT2D eigenvalue weighted by molar-refractivity contribution is 5.74. The van der Waals surface area contributed by atoms with Gasteiger partial charge in [0.2, 0.25) is 0 Å². The number of methoxy groups -OCH3 is 1. The van der Waals surface area contributed by atoms with E-state index >= 15 is 0 Å². The van der Waals surface area contributed by atoms with Gasteiger partial charge in [0, 0.05) is 5.92 Å². The van der Waals surface area contributed by atoms with Crippen LogP contribution in [0, 0.1) is 17.8 Å². The van der Waals surface area contributed by atoms with Crippen molar-refractivity contribution in [3.63, 3.8) is 0 Å². The van der Waals surface area contributed by atoms with Gasteiger partial charge >= 0.3 is 5.97 Å². The van der Waals surface area contributed by atoms with Crippen LogP contribution in [0.4, 0.5) is 0 Å². The van der Waals surface area contributed by atoms with Crippen LogP contribution < -0.4 is 0 Å². The molecule has 0 aromatic heterocycles. The molecule has 3 heteroatoms. The molecule has 0 aliphatic heterocycles. The lowest BCUT2D eigenvalue weighted by Crippen LogP contribution is -2.32. The number of fused-ring (bicyclic) bond motifs is 2. The van der Waals surface area contributed by atoms with Gasteiger partial charge in [0.15, 0.2) is 0 Å². The van der Waals surface area contributed by atoms with Crippen LogP contribution in [0.15, 0.2) is 12.2 Å². The van der Waals surface area contributed by atoms with Crippen LogP contribution in [0.2, 0.25) is 0 Å². The van der Waals surface area contributed by atoms with Crippen LogP contribution in [0.3, 0.4) is 0 Å². The van der Waals surface area contributed by atoms with Crippen LogP contribution in [0.1, 0.15) is 6.42 Å². The molecule has 2 aliphatic carbocycles. The summed E-state index contributed by atoms with van der Waals surface area (Å²) >= 11 is 0. The molecule has 66 valence electrons. The fraction of sp³-hybridized carbons (Fsp3) is 0.667. The second-order valence-corrected chi connectivity index (χ2v) is 3.49. The van der Waals surface area contributed by atoms with Gasteiger partial charge in [0.1, 0.15) is 0 Å². The molecule has 0 spiro atoms. The number of esters is 1. The van der Waals surface area contributed by atoms with E-state index in [2.05, 4.69) is 4.74 Å². The molecule has 0 aromatic carbocycles. The van der Waals surface area contributed by atoms with Crippen LogP contribution in [0.5, 0.6) is 0 Å². The van der Waals surface area contributed by atoms with Crippen molar-refractivity contribution in [3.05, 3.63) is 12.2 Å². The molecule has 1 N–H and O–H groups in total. The number of hydrogen-bond donors (Lipinski definition) is 1. The Morgan fingerprint density at radius 1 is 1.50 bits per heavy atom. The Morgan fingerprint density at radius 2 is 2.17 bits per heavy atom. The normalized spacial score (nSPS) is 43.5. The van der Waals surface area contributed by atoms with Crippen molar-refractivity contribution >= 4 is 5.97 Å². The zero-order valence-corrected chi connectivity index (χ0v) is 6.93. The summed E-state index contributed by atoms with van der Waals surface area (Å²) in [7, 11) is 1.37. The van der Waals surface area contributed by atoms with E-state index in [1.54, 1.807) is 0 Å². The Bertz CT molecular complexity index is 234. The van der Waals surface area contributed by atoms with Gasteiger partial charge in [-0.3, -0.25) is 4.79 Å². The predicted octanol–water partition coefficient (Wildman–Crippen LogP) is 0.342. The summed E-state index contributed by atoms with van der Waals surface area (Å²) in [6.07, 6.45) is 4.39. The molecule has 1 saturated carbocycles. The number of carbonyl (C=O) groups is 1. The number of allylic oxidation sites excluding steroid dienone is 1. The van der Waals surface area contributed by atoms with Crippen molar-refractivity contribution in [1.82, 2.24) is 0 Å². The molecule has 2 rings (SSSR count). The molecule has 0 amide bonds. The third-order valence-corrected chi connectivity index (χ3v) is 2.89. The number of aliphatic hydroxyl groups excluding tert-OH is 1. The first-order chi connectivity index (χ1) is 5.74. The minimum Gasteiger partial charge on any atom is -0.469 e. The van der Waals surface area contributed by atoms with Crippen molar-refractivity contribution in [1.29, 1.82) is 0 Å². The lowest BCUT2D eigenvalue weighted by atomic mass is 9.91. The minimum absolute atomic E-state index is 0.180. The second kappa shape index (κ2) is 2.59. The summed E-state index contributed by atoms with van der Waals surface area (Å²) in [6.45, 7) is 0. The van der Waals surface area contributed by atoms with Crippen molar-refractivity contribution in [2.75, 3.05) is 7.11 Å². The molecule has 0 heterocycles. The van der Waals surface area contributed by atoms with Crippen LogP contribution >= 0.6 is 0 Å². The molecule has 3 nitrogen and oxygen atoms in total. The van der Waals surface area contributed by atoms with Gasteiger partial charge in [0.25, 0.3) is 0 Å². The van der Waals surface area contributed by atoms with E-state index in [1.165, 1.54) is 7.11 Å². The standard InChI is InChI=1S/C9H12O3/c1-12-9(11)7-5-2-3-6(4-5)8(7)10/h2-3,5-8,10H,4H2,1H3/t5?,6?,7-,8-/m0/s1. The lowest BCUT2D eigenvalue weighted by Gasteiger charge is -2.20. The Kier molecular flexibility index (Phi) is 1.68. The molecular weight excluding hydrogens is 156 g/mol. The number of hydrogen-bond acceptors (Lipinski definition) is 3. The molecule has 2 unspecified atom stereocenters. The van der Waals surface area contributed by atoms with Gasteiger partial charge in [-0.15, -0.1) is 0 Å². The maximum atomic E-state index is 11.2. The minimum atomic E-state index is -0.521. The van der Waals surface area contributed by atoms with E-state index in [0.29, 0.717) is 0 Å². The number of carbonyl (C=O) groups excluding carboxylic acids is 1. The average molecular weight is 168 g/mol. The largest absolute Gasteiger partial charge is 0.469 e. The Labute approximate surface area is 71.0 Å². The first-order valence-corrected chi connectivity index (χ1v) is 4.18. The van der Waals surface area contributed by atoms with Crippen LogP contribution in [0.25, 0.3) is 0 Å². The maximum Gasteiger partial charge on any atom is 0.311 e. The molecular formula is C9H12O3. The first kappa shape index (κ1) is 7.80. The van der Waals surface area contributed by atoms with Gasteiger partial charge in [-0.25, -0.2) is 0 Å². The smallest absolute Gasteiger partial charge is 0.311 e. The molecule has 0 radical (unpaired) electrons. The molecule has 1 fully saturated rings. The number of rotatable bonds is 1. The molecule has 12 heavy (non-hydrogen) atoms. The summed E-state index contributed by atoms with van der Waals surface area (Å²) in [5, 5.41) is 9.63. The van der Waals surface area contributed by atoms with Gasteiger partial charge in [-0.1, -0.05) is 12.2 Å². The van der Waals surface area contributed by atoms with Gasteiger partial charge < -0.3 is 9.84 Å². The topological polar surface area (TPSA) is 46.5 Å². The summed E-state index contributed by atoms with van der Waals surface area (Å²) in [5.41, 5.74) is 0. The van der Waals surface area contributed by atoms with Gasteiger partial charge in [0.05, 0.1) is 19.1 Å². The zero-order chi connectivity index (χ0) is 8.72. The average Bonchev–Trinajstić information content (AvgIpc) is 2.63. The van der Waals surface area contributed by atoms with Crippen molar-refractivity contribution in [3.8, 4) is 0 Å².